The Bertz CT molecular complexity index is 271. The van der Waals surface area contributed by atoms with E-state index in [0.29, 0.717) is 0 Å². The fourth-order valence-corrected chi connectivity index (χ4v) is 3.24. The predicted octanol–water partition coefficient (Wildman–Crippen LogP) is 8.62. The Morgan fingerprint density at radius 2 is 0.962 bits per heavy atom. The Morgan fingerprint density at radius 1 is 0.577 bits per heavy atom. The first kappa shape index (κ1) is 28.5. The van der Waals surface area contributed by atoms with Crippen molar-refractivity contribution >= 4 is 0 Å². The SMILES string of the molecule is CCCCCCCCCCOCCCCCCCCCCC=C(C)C.[Ru]. The number of ether oxygens (including phenoxy) is 1. The first-order valence-electron chi connectivity index (χ1n) is 11.5. The molecule has 0 amide bonds. The summed E-state index contributed by atoms with van der Waals surface area (Å²) in [6.45, 7) is 8.64. The maximum atomic E-state index is 5.76. The summed E-state index contributed by atoms with van der Waals surface area (Å²) in [5, 5.41) is 0. The van der Waals surface area contributed by atoms with E-state index in [0.717, 1.165) is 13.2 Å². The van der Waals surface area contributed by atoms with Crippen LogP contribution in [0.25, 0.3) is 0 Å². The van der Waals surface area contributed by atoms with Gasteiger partial charge in [0.25, 0.3) is 0 Å². The van der Waals surface area contributed by atoms with Crippen molar-refractivity contribution in [3.05, 3.63) is 11.6 Å². The molecule has 0 N–H and O–H groups in total. The van der Waals surface area contributed by atoms with Gasteiger partial charge in [-0.25, -0.2) is 0 Å². The van der Waals surface area contributed by atoms with Crippen molar-refractivity contribution in [1.82, 2.24) is 0 Å². The molecule has 0 radical (unpaired) electrons. The third kappa shape index (κ3) is 26.6. The van der Waals surface area contributed by atoms with E-state index < -0.39 is 0 Å². The van der Waals surface area contributed by atoms with Gasteiger partial charge in [-0.2, -0.15) is 0 Å². The van der Waals surface area contributed by atoms with Crippen molar-refractivity contribution in [2.75, 3.05) is 13.2 Å². The van der Waals surface area contributed by atoms with E-state index in [1.54, 1.807) is 0 Å². The third-order valence-corrected chi connectivity index (χ3v) is 4.94. The second-order valence-corrected chi connectivity index (χ2v) is 7.99. The molecule has 0 aromatic carbocycles. The Labute approximate surface area is 178 Å². The topological polar surface area (TPSA) is 9.23 Å². The normalized spacial score (nSPS) is 10.6. The minimum Gasteiger partial charge on any atom is -0.381 e. The Morgan fingerprint density at radius 3 is 1.38 bits per heavy atom. The van der Waals surface area contributed by atoms with Gasteiger partial charge in [-0.3, -0.25) is 0 Å². The van der Waals surface area contributed by atoms with Crippen molar-refractivity contribution in [3.8, 4) is 0 Å². The Hall–Kier alpha value is 0.323. The van der Waals surface area contributed by atoms with Crippen LogP contribution in [0.3, 0.4) is 0 Å². The van der Waals surface area contributed by atoms with Crippen molar-refractivity contribution in [2.24, 2.45) is 0 Å². The van der Waals surface area contributed by atoms with Crippen LogP contribution < -0.4 is 0 Å². The molecule has 0 atom stereocenters. The fourth-order valence-electron chi connectivity index (χ4n) is 3.24. The van der Waals surface area contributed by atoms with Gasteiger partial charge in [-0.1, -0.05) is 102 Å². The molecule has 0 saturated heterocycles. The summed E-state index contributed by atoms with van der Waals surface area (Å²) < 4.78 is 5.76. The zero-order valence-electron chi connectivity index (χ0n) is 18.3. The van der Waals surface area contributed by atoms with Gasteiger partial charge in [0.1, 0.15) is 0 Å². The van der Waals surface area contributed by atoms with E-state index in [4.69, 9.17) is 4.74 Å². The largest absolute Gasteiger partial charge is 0.381 e. The Kier molecular flexibility index (Phi) is 27.8. The molecule has 0 aromatic heterocycles. The minimum atomic E-state index is 0. The molecular weight excluding hydrogens is 405 g/mol. The zero-order chi connectivity index (χ0) is 18.4. The molecule has 158 valence electrons. The van der Waals surface area contributed by atoms with Crippen LogP contribution in [0, 0.1) is 0 Å². The van der Waals surface area contributed by atoms with Crippen molar-refractivity contribution in [3.63, 3.8) is 0 Å². The molecule has 0 aliphatic rings. The van der Waals surface area contributed by atoms with Gasteiger partial charge in [-0.15, -0.1) is 0 Å². The summed E-state index contributed by atoms with van der Waals surface area (Å²) in [4.78, 5) is 0. The molecule has 0 aliphatic heterocycles. The maximum absolute atomic E-state index is 5.76. The maximum Gasteiger partial charge on any atom is 0.0466 e. The number of unbranched alkanes of at least 4 members (excludes halogenated alkanes) is 15. The zero-order valence-corrected chi connectivity index (χ0v) is 20.0. The van der Waals surface area contributed by atoms with Gasteiger partial charge in [-0.05, 0) is 39.5 Å². The molecule has 0 rings (SSSR count). The minimum absolute atomic E-state index is 0. The average Bonchev–Trinajstić information content (AvgIpc) is 2.60. The van der Waals surface area contributed by atoms with Gasteiger partial charge in [0.15, 0.2) is 0 Å². The van der Waals surface area contributed by atoms with E-state index in [9.17, 15) is 0 Å². The fraction of sp³-hybridized carbons (Fsp3) is 0.917. The summed E-state index contributed by atoms with van der Waals surface area (Å²) in [5.74, 6) is 0. The number of hydrogen-bond acceptors (Lipinski definition) is 1. The molecule has 0 fully saturated rings. The van der Waals surface area contributed by atoms with Gasteiger partial charge in [0.2, 0.25) is 0 Å². The summed E-state index contributed by atoms with van der Waals surface area (Å²) in [7, 11) is 0. The summed E-state index contributed by atoms with van der Waals surface area (Å²) >= 11 is 0. The molecule has 0 unspecified atom stereocenters. The van der Waals surface area contributed by atoms with Crippen LogP contribution in [0.2, 0.25) is 0 Å². The predicted molar refractivity (Wildman–Crippen MR) is 114 cm³/mol. The van der Waals surface area contributed by atoms with Crippen LogP contribution in [0.5, 0.6) is 0 Å². The monoisotopic (exact) mass is 454 g/mol. The second kappa shape index (κ2) is 25.3. The summed E-state index contributed by atoms with van der Waals surface area (Å²) in [5.41, 5.74) is 1.46. The van der Waals surface area contributed by atoms with Crippen molar-refractivity contribution in [1.29, 1.82) is 0 Å². The standard InChI is InChI=1S/C24H48O.Ru/c1-4-5-6-7-8-13-16-19-22-25-23-20-17-14-11-9-10-12-15-18-21-24(2)3;/h21H,4-20,22-23H2,1-3H3;. The van der Waals surface area contributed by atoms with Gasteiger partial charge in [0.05, 0.1) is 0 Å². The van der Waals surface area contributed by atoms with Crippen LogP contribution in [0.1, 0.15) is 130 Å². The van der Waals surface area contributed by atoms with Crippen LogP contribution >= 0.6 is 0 Å². The van der Waals surface area contributed by atoms with Crippen molar-refractivity contribution in [2.45, 2.75) is 130 Å². The number of hydrogen-bond donors (Lipinski definition) is 0. The molecule has 0 bridgehead atoms. The van der Waals surface area contributed by atoms with E-state index >= 15 is 0 Å². The van der Waals surface area contributed by atoms with Gasteiger partial charge < -0.3 is 4.74 Å². The first-order chi connectivity index (χ1) is 12.3. The molecule has 0 saturated carbocycles. The quantitative estimate of drug-likeness (QED) is 0.102. The van der Waals surface area contributed by atoms with E-state index in [1.807, 2.05) is 0 Å². The number of rotatable bonds is 20. The molecule has 0 aliphatic carbocycles. The average molecular weight is 454 g/mol. The van der Waals surface area contributed by atoms with E-state index in [1.165, 1.54) is 115 Å². The van der Waals surface area contributed by atoms with Crippen LogP contribution in [-0.2, 0) is 24.2 Å². The number of allylic oxidation sites excluding steroid dienone is 2. The molecule has 1 nitrogen and oxygen atoms in total. The third-order valence-electron chi connectivity index (χ3n) is 4.94. The van der Waals surface area contributed by atoms with Gasteiger partial charge in [0, 0.05) is 32.7 Å². The summed E-state index contributed by atoms with van der Waals surface area (Å²) in [6, 6.07) is 0. The Balaban J connectivity index is 0. The summed E-state index contributed by atoms with van der Waals surface area (Å²) in [6.07, 6.45) is 25.8. The molecular formula is C24H48ORu. The van der Waals surface area contributed by atoms with Crippen LogP contribution in [0.15, 0.2) is 11.6 Å². The van der Waals surface area contributed by atoms with Crippen molar-refractivity contribution < 1.29 is 24.2 Å². The molecule has 0 heterocycles. The second-order valence-electron chi connectivity index (χ2n) is 7.99. The van der Waals surface area contributed by atoms with Gasteiger partial charge >= 0.3 is 0 Å². The van der Waals surface area contributed by atoms with E-state index in [2.05, 4.69) is 26.8 Å². The van der Waals surface area contributed by atoms with E-state index in [-0.39, 0.29) is 19.5 Å². The smallest absolute Gasteiger partial charge is 0.0466 e. The first-order valence-corrected chi connectivity index (χ1v) is 11.5. The van der Waals surface area contributed by atoms with Crippen LogP contribution in [-0.4, -0.2) is 13.2 Å². The van der Waals surface area contributed by atoms with Crippen LogP contribution in [0.4, 0.5) is 0 Å². The molecule has 26 heavy (non-hydrogen) atoms. The molecule has 0 aromatic rings. The molecule has 0 spiro atoms. The molecule has 2 heteroatoms.